The Hall–Kier alpha value is -2.35. The summed E-state index contributed by atoms with van der Waals surface area (Å²) >= 11 is 4.94. The molecule has 0 fully saturated rings. The van der Waals surface area contributed by atoms with Crippen molar-refractivity contribution in [3.63, 3.8) is 0 Å². The summed E-state index contributed by atoms with van der Waals surface area (Å²) in [4.78, 5) is 13.4. The van der Waals surface area contributed by atoms with Gasteiger partial charge >= 0.3 is 0 Å². The van der Waals surface area contributed by atoms with Gasteiger partial charge in [-0.15, -0.1) is 5.10 Å². The average Bonchev–Trinajstić information content (AvgIpc) is 2.87. The molecule has 7 nitrogen and oxygen atoms in total. The summed E-state index contributed by atoms with van der Waals surface area (Å²) in [5.41, 5.74) is 6.48. The predicted molar refractivity (Wildman–Crippen MR) is 73.1 cm³/mol. The number of hydrogen-bond acceptors (Lipinski definition) is 5. The van der Waals surface area contributed by atoms with Gasteiger partial charge in [-0.1, -0.05) is 12.2 Å². The molecule has 0 saturated heterocycles. The summed E-state index contributed by atoms with van der Waals surface area (Å²) in [6.45, 7) is 0. The summed E-state index contributed by atoms with van der Waals surface area (Å²) in [6.07, 6.45) is 3.11. The van der Waals surface area contributed by atoms with Gasteiger partial charge in [0, 0.05) is 20.3 Å². The van der Waals surface area contributed by atoms with Gasteiger partial charge in [0.1, 0.15) is 4.99 Å². The van der Waals surface area contributed by atoms with E-state index in [1.807, 2.05) is 0 Å². The fraction of sp³-hybridized carbons (Fsp3) is 0.182. The fourth-order valence-electron chi connectivity index (χ4n) is 1.47. The van der Waals surface area contributed by atoms with E-state index in [1.165, 1.54) is 15.8 Å². The van der Waals surface area contributed by atoms with Gasteiger partial charge in [0.15, 0.2) is 11.5 Å². The Kier molecular flexibility index (Phi) is 3.52. The smallest absolute Gasteiger partial charge is 0.273 e. The molecular weight excluding hydrogens is 264 g/mol. The van der Waals surface area contributed by atoms with Gasteiger partial charge in [-0.25, -0.2) is 4.68 Å². The van der Waals surface area contributed by atoms with Crippen molar-refractivity contribution < 1.29 is 4.79 Å². The molecule has 8 heteroatoms. The molecule has 0 atom stereocenters. The van der Waals surface area contributed by atoms with Crippen LogP contribution in [-0.4, -0.2) is 49.9 Å². The van der Waals surface area contributed by atoms with Crippen LogP contribution in [0.4, 0.5) is 0 Å². The van der Waals surface area contributed by atoms with Gasteiger partial charge < -0.3 is 10.6 Å². The van der Waals surface area contributed by atoms with Gasteiger partial charge in [0.2, 0.25) is 0 Å². The molecule has 2 rings (SSSR count). The molecule has 0 aliphatic heterocycles. The highest BCUT2D eigenvalue weighted by Crippen LogP contribution is 2.10. The first-order valence-electron chi connectivity index (χ1n) is 5.40. The van der Waals surface area contributed by atoms with E-state index in [-0.39, 0.29) is 10.9 Å². The molecule has 0 aromatic carbocycles. The molecule has 0 radical (unpaired) electrons. The maximum absolute atomic E-state index is 11.8. The number of carbonyl (C=O) groups is 1. The van der Waals surface area contributed by atoms with E-state index in [4.69, 9.17) is 18.0 Å². The highest BCUT2D eigenvalue weighted by Gasteiger charge is 2.15. The Labute approximate surface area is 115 Å². The second-order valence-electron chi connectivity index (χ2n) is 3.98. The summed E-state index contributed by atoms with van der Waals surface area (Å²) in [6, 6.07) is 3.25. The highest BCUT2D eigenvalue weighted by molar-refractivity contribution is 7.80. The Morgan fingerprint density at radius 2 is 2.16 bits per heavy atom. The normalized spacial score (nSPS) is 10.2. The molecule has 2 heterocycles. The first-order chi connectivity index (χ1) is 9.00. The van der Waals surface area contributed by atoms with Crippen LogP contribution in [-0.2, 0) is 0 Å². The van der Waals surface area contributed by atoms with Crippen LogP contribution in [0.15, 0.2) is 24.5 Å². The molecule has 0 aliphatic rings. The third-order valence-corrected chi connectivity index (χ3v) is 2.62. The molecule has 0 aliphatic carbocycles. The van der Waals surface area contributed by atoms with E-state index in [1.54, 1.807) is 32.4 Å². The number of nitrogens with zero attached hydrogens (tertiary/aromatic N) is 5. The minimum atomic E-state index is -0.195. The topological polar surface area (TPSA) is 89.9 Å². The van der Waals surface area contributed by atoms with E-state index in [9.17, 15) is 4.79 Å². The van der Waals surface area contributed by atoms with E-state index in [0.29, 0.717) is 17.1 Å². The van der Waals surface area contributed by atoms with Crippen molar-refractivity contribution >= 4 is 23.1 Å². The lowest BCUT2D eigenvalue weighted by Crippen LogP contribution is -2.22. The molecule has 0 saturated carbocycles. The predicted octanol–water partition coefficient (Wildman–Crippen LogP) is -0.00170. The number of nitrogens with two attached hydrogens (primary N) is 1. The number of carbonyl (C=O) groups excluding carboxylic acids is 1. The minimum absolute atomic E-state index is 0.195. The Morgan fingerprint density at radius 1 is 1.42 bits per heavy atom. The van der Waals surface area contributed by atoms with E-state index in [0.717, 1.165) is 0 Å². The molecular formula is C11H12N6OS. The second kappa shape index (κ2) is 5.11. The highest BCUT2D eigenvalue weighted by atomic mass is 32.1. The molecule has 2 aromatic heterocycles. The van der Waals surface area contributed by atoms with Gasteiger partial charge in [0.05, 0.1) is 11.8 Å². The van der Waals surface area contributed by atoms with Crippen LogP contribution in [0.3, 0.4) is 0 Å². The number of thiocarbonyl (C=S) groups is 1. The van der Waals surface area contributed by atoms with Crippen LogP contribution in [0.1, 0.15) is 16.1 Å². The zero-order chi connectivity index (χ0) is 14.0. The number of rotatable bonds is 3. The SMILES string of the molecule is CN(C)C(=O)c1ccn(-c2nnccc2C(N)=S)n1. The molecule has 98 valence electrons. The fourth-order valence-corrected chi connectivity index (χ4v) is 1.63. The Balaban J connectivity index is 2.44. The monoisotopic (exact) mass is 276 g/mol. The number of aromatic nitrogens is 4. The van der Waals surface area contributed by atoms with Crippen LogP contribution in [0.5, 0.6) is 0 Å². The zero-order valence-electron chi connectivity index (χ0n) is 10.4. The largest absolute Gasteiger partial charge is 0.389 e. The van der Waals surface area contributed by atoms with Crippen molar-refractivity contribution in [2.24, 2.45) is 5.73 Å². The van der Waals surface area contributed by atoms with Crippen molar-refractivity contribution in [1.29, 1.82) is 0 Å². The molecule has 2 N–H and O–H groups in total. The quantitative estimate of drug-likeness (QED) is 0.794. The maximum Gasteiger partial charge on any atom is 0.273 e. The first-order valence-corrected chi connectivity index (χ1v) is 5.80. The van der Waals surface area contributed by atoms with E-state index < -0.39 is 0 Å². The third kappa shape index (κ3) is 2.58. The summed E-state index contributed by atoms with van der Waals surface area (Å²) < 4.78 is 1.43. The van der Waals surface area contributed by atoms with E-state index in [2.05, 4.69) is 15.3 Å². The molecule has 1 amide bonds. The van der Waals surface area contributed by atoms with Crippen molar-refractivity contribution in [3.8, 4) is 5.82 Å². The lowest BCUT2D eigenvalue weighted by atomic mass is 10.3. The van der Waals surface area contributed by atoms with Crippen LogP contribution < -0.4 is 5.73 Å². The van der Waals surface area contributed by atoms with Crippen LogP contribution in [0, 0.1) is 0 Å². The third-order valence-electron chi connectivity index (χ3n) is 2.40. The van der Waals surface area contributed by atoms with Crippen LogP contribution in [0.2, 0.25) is 0 Å². The molecule has 0 spiro atoms. The molecule has 2 aromatic rings. The lowest BCUT2D eigenvalue weighted by Gasteiger charge is -2.07. The maximum atomic E-state index is 11.8. The van der Waals surface area contributed by atoms with Crippen molar-refractivity contribution in [3.05, 3.63) is 35.8 Å². The van der Waals surface area contributed by atoms with Gasteiger partial charge in [-0.05, 0) is 12.1 Å². The van der Waals surface area contributed by atoms with Gasteiger partial charge in [0.25, 0.3) is 5.91 Å². The number of amides is 1. The van der Waals surface area contributed by atoms with Gasteiger partial charge in [-0.2, -0.15) is 10.2 Å². The van der Waals surface area contributed by atoms with Gasteiger partial charge in [-0.3, -0.25) is 4.79 Å². The van der Waals surface area contributed by atoms with Crippen molar-refractivity contribution in [2.45, 2.75) is 0 Å². The zero-order valence-corrected chi connectivity index (χ0v) is 11.3. The lowest BCUT2D eigenvalue weighted by molar-refractivity contribution is 0.0821. The first kappa shape index (κ1) is 13.1. The second-order valence-corrected chi connectivity index (χ2v) is 4.42. The average molecular weight is 276 g/mol. The van der Waals surface area contributed by atoms with E-state index >= 15 is 0 Å². The van der Waals surface area contributed by atoms with Crippen LogP contribution in [0.25, 0.3) is 5.82 Å². The molecule has 0 bridgehead atoms. The summed E-state index contributed by atoms with van der Waals surface area (Å²) in [5.74, 6) is 0.201. The Bertz CT molecular complexity index is 636. The Morgan fingerprint density at radius 3 is 2.79 bits per heavy atom. The standard InChI is InChI=1S/C11H12N6OS/c1-16(2)11(18)8-4-6-17(15-8)10-7(9(12)19)3-5-13-14-10/h3-6H,1-2H3,(H2,12,19). The minimum Gasteiger partial charge on any atom is -0.389 e. The summed E-state index contributed by atoms with van der Waals surface area (Å²) in [7, 11) is 3.31. The summed E-state index contributed by atoms with van der Waals surface area (Å²) in [5, 5.41) is 11.9. The van der Waals surface area contributed by atoms with Crippen LogP contribution >= 0.6 is 12.2 Å². The van der Waals surface area contributed by atoms with Crippen molar-refractivity contribution in [1.82, 2.24) is 24.9 Å². The molecule has 0 unspecified atom stereocenters. The molecule has 19 heavy (non-hydrogen) atoms. The number of hydrogen-bond donors (Lipinski definition) is 1. The van der Waals surface area contributed by atoms with Crippen molar-refractivity contribution in [2.75, 3.05) is 14.1 Å².